The van der Waals surface area contributed by atoms with Crippen molar-refractivity contribution >= 4 is 27.5 Å². The van der Waals surface area contributed by atoms with E-state index in [4.69, 9.17) is 0 Å². The molecule has 3 aromatic rings. The Balaban J connectivity index is 2.10. The van der Waals surface area contributed by atoms with Crippen molar-refractivity contribution < 1.29 is 18.0 Å². The molecule has 208 valence electrons. The van der Waals surface area contributed by atoms with Gasteiger partial charge >= 0.3 is 0 Å². The number of hydrogen-bond donors (Lipinski definition) is 1. The highest BCUT2D eigenvalue weighted by Crippen LogP contribution is 2.28. The van der Waals surface area contributed by atoms with Gasteiger partial charge in [0.25, 0.3) is 10.0 Å². The lowest BCUT2D eigenvalue weighted by Crippen LogP contribution is -2.52. The van der Waals surface area contributed by atoms with E-state index >= 15 is 0 Å². The topological polar surface area (TPSA) is 86.8 Å². The Labute approximate surface area is 232 Å². The fourth-order valence-electron chi connectivity index (χ4n) is 4.65. The Morgan fingerprint density at radius 2 is 1.49 bits per heavy atom. The number of amides is 2. The number of rotatable bonds is 11. The molecule has 0 aliphatic carbocycles. The highest BCUT2D eigenvalue weighted by molar-refractivity contribution is 7.92. The number of aryl methyl sites for hydroxylation is 4. The van der Waals surface area contributed by atoms with Crippen LogP contribution in [0.3, 0.4) is 0 Å². The molecule has 0 aliphatic rings. The molecule has 7 nitrogen and oxygen atoms in total. The molecule has 0 spiro atoms. The Morgan fingerprint density at radius 1 is 0.846 bits per heavy atom. The van der Waals surface area contributed by atoms with Crippen LogP contribution in [-0.4, -0.2) is 44.3 Å². The summed E-state index contributed by atoms with van der Waals surface area (Å²) in [6.07, 6.45) is 0.387. The molecule has 0 heterocycles. The number of likely N-dealkylation sites (N-methyl/N-ethyl adjacent to an activating group) is 1. The van der Waals surface area contributed by atoms with Crippen molar-refractivity contribution in [1.29, 1.82) is 0 Å². The molecular formula is C31H39N3O4S. The van der Waals surface area contributed by atoms with Crippen molar-refractivity contribution in [3.05, 3.63) is 94.5 Å². The number of nitrogens with one attached hydrogen (secondary N) is 1. The monoisotopic (exact) mass is 549 g/mol. The molecule has 0 aliphatic heterocycles. The predicted octanol–water partition coefficient (Wildman–Crippen LogP) is 5.06. The lowest BCUT2D eigenvalue weighted by Gasteiger charge is -2.33. The highest BCUT2D eigenvalue weighted by Gasteiger charge is 2.34. The van der Waals surface area contributed by atoms with Gasteiger partial charge in [-0.2, -0.15) is 0 Å². The molecule has 2 amide bonds. The van der Waals surface area contributed by atoms with Gasteiger partial charge in [0, 0.05) is 13.1 Å². The van der Waals surface area contributed by atoms with Crippen LogP contribution >= 0.6 is 0 Å². The molecule has 0 saturated heterocycles. The molecule has 8 heteroatoms. The summed E-state index contributed by atoms with van der Waals surface area (Å²) < 4.78 is 29.2. The summed E-state index contributed by atoms with van der Waals surface area (Å²) in [5.41, 5.74) is 4.98. The number of anilines is 1. The second-order valence-electron chi connectivity index (χ2n) is 9.94. The fraction of sp³-hybridized carbons (Fsp3) is 0.355. The van der Waals surface area contributed by atoms with E-state index in [-0.39, 0.29) is 17.3 Å². The summed E-state index contributed by atoms with van der Waals surface area (Å²) >= 11 is 0. The number of benzene rings is 3. The van der Waals surface area contributed by atoms with Crippen molar-refractivity contribution in [2.45, 2.75) is 65.4 Å². The molecule has 39 heavy (non-hydrogen) atoms. The lowest BCUT2D eigenvalue weighted by molar-refractivity contribution is -0.140. The molecule has 0 saturated carbocycles. The first kappa shape index (κ1) is 29.9. The summed E-state index contributed by atoms with van der Waals surface area (Å²) in [6.45, 7) is 11.5. The van der Waals surface area contributed by atoms with Gasteiger partial charge in [-0.25, -0.2) is 8.42 Å². The van der Waals surface area contributed by atoms with E-state index in [1.54, 1.807) is 30.3 Å². The van der Waals surface area contributed by atoms with E-state index in [1.165, 1.54) is 9.21 Å². The second kappa shape index (κ2) is 12.9. The van der Waals surface area contributed by atoms with Crippen LogP contribution in [-0.2, 0) is 26.2 Å². The van der Waals surface area contributed by atoms with Crippen LogP contribution in [0.1, 0.15) is 48.1 Å². The molecule has 1 N–H and O–H groups in total. The zero-order chi connectivity index (χ0) is 28.7. The average Bonchev–Trinajstić information content (AvgIpc) is 2.88. The molecule has 0 bridgehead atoms. The first-order chi connectivity index (χ1) is 18.5. The quantitative estimate of drug-likeness (QED) is 0.362. The first-order valence-corrected chi connectivity index (χ1v) is 14.7. The molecule has 0 radical (unpaired) electrons. The van der Waals surface area contributed by atoms with Crippen molar-refractivity contribution in [3.63, 3.8) is 0 Å². The number of carbonyl (C=O) groups excluding carboxylic acids is 2. The molecule has 0 unspecified atom stereocenters. The van der Waals surface area contributed by atoms with Gasteiger partial charge < -0.3 is 10.2 Å². The maximum absolute atomic E-state index is 14.1. The van der Waals surface area contributed by atoms with Crippen LogP contribution < -0.4 is 9.62 Å². The zero-order valence-corrected chi connectivity index (χ0v) is 24.5. The number of carbonyl (C=O) groups is 2. The van der Waals surface area contributed by atoms with E-state index < -0.39 is 28.5 Å². The van der Waals surface area contributed by atoms with Crippen molar-refractivity contribution in [2.75, 3.05) is 17.4 Å². The van der Waals surface area contributed by atoms with Crippen molar-refractivity contribution in [1.82, 2.24) is 10.2 Å². The summed E-state index contributed by atoms with van der Waals surface area (Å²) in [5.74, 6) is -0.717. The third kappa shape index (κ3) is 7.26. The molecule has 3 rings (SSSR count). The van der Waals surface area contributed by atoms with Gasteiger partial charge in [-0.3, -0.25) is 13.9 Å². The summed E-state index contributed by atoms with van der Waals surface area (Å²) in [6, 6.07) is 19.0. The summed E-state index contributed by atoms with van der Waals surface area (Å²) in [5, 5.41) is 2.83. The average molecular weight is 550 g/mol. The smallest absolute Gasteiger partial charge is 0.264 e. The minimum atomic E-state index is -4.09. The largest absolute Gasteiger partial charge is 0.355 e. The number of hydrogen-bond acceptors (Lipinski definition) is 4. The predicted molar refractivity (Wildman–Crippen MR) is 156 cm³/mol. The summed E-state index contributed by atoms with van der Waals surface area (Å²) in [7, 11) is -4.09. The second-order valence-corrected chi connectivity index (χ2v) is 11.8. The normalized spacial score (nSPS) is 12.1. The van der Waals surface area contributed by atoms with E-state index in [1.807, 2.05) is 77.9 Å². The van der Waals surface area contributed by atoms with E-state index in [0.717, 1.165) is 27.8 Å². The fourth-order valence-corrected chi connectivity index (χ4v) is 6.13. The van der Waals surface area contributed by atoms with E-state index in [2.05, 4.69) is 5.32 Å². The van der Waals surface area contributed by atoms with E-state index in [0.29, 0.717) is 18.7 Å². The van der Waals surface area contributed by atoms with Crippen LogP contribution in [0.15, 0.2) is 71.6 Å². The molecule has 0 fully saturated rings. The van der Waals surface area contributed by atoms with Crippen LogP contribution in [0.2, 0.25) is 0 Å². The lowest BCUT2D eigenvalue weighted by atomic mass is 10.1. The van der Waals surface area contributed by atoms with Gasteiger partial charge in [0.15, 0.2) is 0 Å². The molecule has 0 aromatic heterocycles. The Bertz CT molecular complexity index is 1420. The third-order valence-corrected chi connectivity index (χ3v) is 8.46. The van der Waals surface area contributed by atoms with Crippen LogP contribution in [0.5, 0.6) is 0 Å². The van der Waals surface area contributed by atoms with Gasteiger partial charge in [-0.1, -0.05) is 72.1 Å². The number of sulfonamides is 1. The maximum Gasteiger partial charge on any atom is 0.264 e. The van der Waals surface area contributed by atoms with Gasteiger partial charge in [0.05, 0.1) is 10.6 Å². The van der Waals surface area contributed by atoms with Gasteiger partial charge in [-0.05, 0) is 70.4 Å². The molecule has 1 atom stereocenters. The Hall–Kier alpha value is -3.65. The van der Waals surface area contributed by atoms with E-state index in [9.17, 15) is 18.0 Å². The standard InChI is InChI=1S/C31H39N3O4S/c1-7-28(31(36)32-8-2)33(20-26-11-9-10-23(4)19-26)30(35)21-34(29-17-14-24(5)18-25(29)6)39(37,38)27-15-12-22(3)13-16-27/h9-19,28H,7-8,20-21H2,1-6H3,(H,32,36)/t28-/m1/s1. The van der Waals surface area contributed by atoms with Crippen molar-refractivity contribution in [3.8, 4) is 0 Å². The van der Waals surface area contributed by atoms with Crippen LogP contribution in [0, 0.1) is 27.7 Å². The highest BCUT2D eigenvalue weighted by atomic mass is 32.2. The zero-order valence-electron chi connectivity index (χ0n) is 23.7. The van der Waals surface area contributed by atoms with Crippen molar-refractivity contribution in [2.24, 2.45) is 0 Å². The molecule has 3 aromatic carbocycles. The Kier molecular flexibility index (Phi) is 9.92. The van der Waals surface area contributed by atoms with Gasteiger partial charge in [-0.15, -0.1) is 0 Å². The summed E-state index contributed by atoms with van der Waals surface area (Å²) in [4.78, 5) is 28.7. The van der Waals surface area contributed by atoms with Gasteiger partial charge in [0.1, 0.15) is 12.6 Å². The minimum Gasteiger partial charge on any atom is -0.355 e. The first-order valence-electron chi connectivity index (χ1n) is 13.3. The van der Waals surface area contributed by atoms with Crippen LogP contribution in [0.4, 0.5) is 5.69 Å². The third-order valence-electron chi connectivity index (χ3n) is 6.68. The maximum atomic E-state index is 14.1. The van der Waals surface area contributed by atoms with Gasteiger partial charge in [0.2, 0.25) is 11.8 Å². The molecular weight excluding hydrogens is 510 g/mol. The SMILES string of the molecule is CCNC(=O)[C@@H](CC)N(Cc1cccc(C)c1)C(=O)CN(c1ccc(C)cc1C)S(=O)(=O)c1ccc(C)cc1. The minimum absolute atomic E-state index is 0.0990. The Morgan fingerprint density at radius 3 is 2.08 bits per heavy atom. The van der Waals surface area contributed by atoms with Crippen LogP contribution in [0.25, 0.3) is 0 Å². The number of nitrogens with zero attached hydrogens (tertiary/aromatic N) is 2.